The zero-order chi connectivity index (χ0) is 34.3. The quantitative estimate of drug-likeness (QED) is 0.191. The molecular formula is C37H42ClFN8O2. The number of amides is 1. The van der Waals surface area contributed by atoms with Gasteiger partial charge in [-0.1, -0.05) is 11.6 Å². The molecular weight excluding hydrogens is 643 g/mol. The average Bonchev–Trinajstić information content (AvgIpc) is 3.64. The van der Waals surface area contributed by atoms with Crippen molar-refractivity contribution in [3.8, 4) is 22.6 Å². The number of benzene rings is 2. The predicted octanol–water partition coefficient (Wildman–Crippen LogP) is 7.36. The number of aryl methyl sites for hydroxylation is 1. The fourth-order valence-electron chi connectivity index (χ4n) is 7.24. The van der Waals surface area contributed by atoms with Crippen LogP contribution in [-0.4, -0.2) is 71.8 Å². The largest absolute Gasteiger partial charge is 0.444 e. The number of carbonyl (C=O) groups is 1. The normalized spacial score (nSPS) is 15.9. The zero-order valence-electron chi connectivity index (χ0n) is 28.2. The summed E-state index contributed by atoms with van der Waals surface area (Å²) < 4.78 is 24.0. The molecule has 2 aliphatic heterocycles. The first-order chi connectivity index (χ1) is 23.5. The van der Waals surface area contributed by atoms with Crippen LogP contribution >= 0.6 is 11.6 Å². The Labute approximate surface area is 290 Å². The number of ether oxygens (including phenoxy) is 1. The number of nitrogens with two attached hydrogens (primary N) is 1. The Morgan fingerprint density at radius 2 is 1.82 bits per heavy atom. The molecule has 1 amide bonds. The molecule has 1 fully saturated rings. The number of aromatic nitrogens is 5. The van der Waals surface area contributed by atoms with E-state index < -0.39 is 5.60 Å². The number of imidazole rings is 1. The van der Waals surface area contributed by atoms with E-state index in [1.54, 1.807) is 18.3 Å². The topological polar surface area (TPSA) is 107 Å². The van der Waals surface area contributed by atoms with Crippen molar-refractivity contribution in [2.75, 3.05) is 31.9 Å². The van der Waals surface area contributed by atoms with E-state index in [0.717, 1.165) is 79.4 Å². The van der Waals surface area contributed by atoms with Gasteiger partial charge in [-0.15, -0.1) is 0 Å². The molecule has 256 valence electrons. The van der Waals surface area contributed by atoms with Crippen molar-refractivity contribution in [1.29, 1.82) is 0 Å². The van der Waals surface area contributed by atoms with Gasteiger partial charge in [0.15, 0.2) is 0 Å². The van der Waals surface area contributed by atoms with Gasteiger partial charge in [0.2, 0.25) is 5.95 Å². The number of nitrogens with zero attached hydrogens (tertiary/aromatic N) is 7. The molecule has 1 saturated heterocycles. The summed E-state index contributed by atoms with van der Waals surface area (Å²) in [5.41, 5.74) is 12.2. The SMILES string of the molecule is CC(C)(C)OC(=O)N1CCc2c(n(CCCN3CCC(n4cnc(-c5ccc(F)cc5)c4-c4ccnc(N)n4)CC3)c3ccc(Cl)cc23)C1. The Hall–Kier alpha value is -4.48. The molecule has 0 unspecified atom stereocenters. The van der Waals surface area contributed by atoms with Crippen molar-refractivity contribution < 1.29 is 13.9 Å². The van der Waals surface area contributed by atoms with Crippen LogP contribution in [-0.2, 0) is 24.2 Å². The molecule has 5 heterocycles. The van der Waals surface area contributed by atoms with Crippen LogP contribution in [0.3, 0.4) is 0 Å². The van der Waals surface area contributed by atoms with Crippen LogP contribution in [0.1, 0.15) is 57.3 Å². The lowest BCUT2D eigenvalue weighted by atomic mass is 10.0. The second-order valence-electron chi connectivity index (χ2n) is 14.0. The summed E-state index contributed by atoms with van der Waals surface area (Å²) in [4.78, 5) is 30.7. The average molecular weight is 685 g/mol. The Kier molecular flexibility index (Phi) is 9.06. The summed E-state index contributed by atoms with van der Waals surface area (Å²) >= 11 is 6.44. The number of anilines is 1. The van der Waals surface area contributed by atoms with Gasteiger partial charge < -0.3 is 29.4 Å². The van der Waals surface area contributed by atoms with Gasteiger partial charge in [0, 0.05) is 65.6 Å². The highest BCUT2D eigenvalue weighted by Crippen LogP contribution is 2.36. The van der Waals surface area contributed by atoms with Gasteiger partial charge in [-0.3, -0.25) is 0 Å². The second kappa shape index (κ2) is 13.4. The van der Waals surface area contributed by atoms with Gasteiger partial charge in [-0.25, -0.2) is 24.1 Å². The first-order valence-electron chi connectivity index (χ1n) is 17.0. The third-order valence-electron chi connectivity index (χ3n) is 9.51. The van der Waals surface area contributed by atoms with E-state index in [2.05, 4.69) is 36.1 Å². The molecule has 0 spiro atoms. The molecule has 3 aromatic heterocycles. The van der Waals surface area contributed by atoms with Crippen molar-refractivity contribution >= 4 is 34.5 Å². The standard InChI is InChI=1S/C37H42ClFN8O2/c1-37(2,3)49-36(48)45-20-14-28-29-21-25(38)7-10-31(29)46(32(28)22-45)17-4-16-44-18-12-27(13-19-44)47-23-42-33(24-5-8-26(39)9-6-24)34(47)30-11-15-41-35(40)43-30/h5-11,15,21,23,27H,4,12-14,16-20,22H2,1-3H3,(H2,40,41,43). The third kappa shape index (κ3) is 7.00. The molecule has 2 aromatic carbocycles. The number of piperidine rings is 1. The minimum Gasteiger partial charge on any atom is -0.444 e. The second-order valence-corrected chi connectivity index (χ2v) is 14.4. The van der Waals surface area contributed by atoms with Gasteiger partial charge in [0.05, 0.1) is 30.0 Å². The summed E-state index contributed by atoms with van der Waals surface area (Å²) in [7, 11) is 0. The van der Waals surface area contributed by atoms with E-state index in [1.165, 1.54) is 28.8 Å². The Balaban J connectivity index is 1.04. The van der Waals surface area contributed by atoms with Crippen LogP contribution in [0.15, 0.2) is 61.1 Å². The molecule has 0 aliphatic carbocycles. The molecule has 0 radical (unpaired) electrons. The molecule has 2 aliphatic rings. The first kappa shape index (κ1) is 33.0. The van der Waals surface area contributed by atoms with Gasteiger partial charge in [0.1, 0.15) is 11.4 Å². The van der Waals surface area contributed by atoms with Gasteiger partial charge in [0.25, 0.3) is 0 Å². The predicted molar refractivity (Wildman–Crippen MR) is 190 cm³/mol. The minimum absolute atomic E-state index is 0.197. The Bertz CT molecular complexity index is 1970. The molecule has 0 bridgehead atoms. The number of likely N-dealkylation sites (tertiary alicyclic amines) is 1. The highest BCUT2D eigenvalue weighted by atomic mass is 35.5. The lowest BCUT2D eigenvalue weighted by molar-refractivity contribution is 0.0219. The Morgan fingerprint density at radius 1 is 1.04 bits per heavy atom. The molecule has 7 rings (SSSR count). The summed E-state index contributed by atoms with van der Waals surface area (Å²) in [6.07, 6.45) is 6.91. The highest BCUT2D eigenvalue weighted by Gasteiger charge is 2.30. The fraction of sp³-hybridized carbons (Fsp3) is 0.405. The summed E-state index contributed by atoms with van der Waals surface area (Å²) in [6.45, 7) is 10.5. The zero-order valence-corrected chi connectivity index (χ0v) is 29.0. The van der Waals surface area contributed by atoms with Crippen molar-refractivity contribution in [1.82, 2.24) is 33.9 Å². The number of halogens is 2. The maximum Gasteiger partial charge on any atom is 0.410 e. The van der Waals surface area contributed by atoms with Crippen molar-refractivity contribution in [3.05, 3.63) is 83.2 Å². The van der Waals surface area contributed by atoms with Crippen molar-refractivity contribution in [2.45, 2.75) is 71.2 Å². The van der Waals surface area contributed by atoms with Crippen molar-refractivity contribution in [2.24, 2.45) is 0 Å². The lowest BCUT2D eigenvalue weighted by Crippen LogP contribution is -2.40. The number of nitrogen functional groups attached to an aromatic ring is 1. The summed E-state index contributed by atoms with van der Waals surface area (Å²) in [5, 5.41) is 1.90. The van der Waals surface area contributed by atoms with Crippen LogP contribution < -0.4 is 5.73 Å². The number of carbonyl (C=O) groups excluding carboxylic acids is 1. The van der Waals surface area contributed by atoms with Crippen LogP contribution in [0.4, 0.5) is 15.1 Å². The first-order valence-corrected chi connectivity index (χ1v) is 17.3. The minimum atomic E-state index is -0.542. The van der Waals surface area contributed by atoms with E-state index in [4.69, 9.17) is 27.1 Å². The van der Waals surface area contributed by atoms with E-state index >= 15 is 0 Å². The van der Waals surface area contributed by atoms with E-state index in [1.807, 2.05) is 44.1 Å². The molecule has 5 aromatic rings. The summed E-state index contributed by atoms with van der Waals surface area (Å²) in [6, 6.07) is 14.6. The van der Waals surface area contributed by atoms with E-state index in [-0.39, 0.29) is 23.9 Å². The van der Waals surface area contributed by atoms with Gasteiger partial charge in [-0.2, -0.15) is 0 Å². The molecule has 0 atom stereocenters. The number of fused-ring (bicyclic) bond motifs is 3. The monoisotopic (exact) mass is 684 g/mol. The molecule has 12 heteroatoms. The van der Waals surface area contributed by atoms with E-state index in [0.29, 0.717) is 18.8 Å². The Morgan fingerprint density at radius 3 is 2.55 bits per heavy atom. The maximum atomic E-state index is 13.7. The number of rotatable bonds is 7. The van der Waals surface area contributed by atoms with Crippen LogP contribution in [0, 0.1) is 5.82 Å². The van der Waals surface area contributed by atoms with Crippen LogP contribution in [0.25, 0.3) is 33.5 Å². The maximum absolute atomic E-state index is 13.7. The number of hydrogen-bond acceptors (Lipinski definition) is 7. The summed E-state index contributed by atoms with van der Waals surface area (Å²) in [5.74, 6) is -0.0945. The molecule has 0 saturated carbocycles. The molecule has 49 heavy (non-hydrogen) atoms. The molecule has 2 N–H and O–H groups in total. The van der Waals surface area contributed by atoms with Crippen LogP contribution in [0.2, 0.25) is 5.02 Å². The van der Waals surface area contributed by atoms with Gasteiger partial charge in [-0.05, 0) is 107 Å². The third-order valence-corrected chi connectivity index (χ3v) is 9.74. The smallest absolute Gasteiger partial charge is 0.410 e. The van der Waals surface area contributed by atoms with E-state index in [9.17, 15) is 9.18 Å². The fourth-order valence-corrected chi connectivity index (χ4v) is 7.42. The molecule has 10 nitrogen and oxygen atoms in total. The number of hydrogen-bond donors (Lipinski definition) is 1. The van der Waals surface area contributed by atoms with Crippen LogP contribution in [0.5, 0.6) is 0 Å². The van der Waals surface area contributed by atoms with Gasteiger partial charge >= 0.3 is 6.09 Å². The highest BCUT2D eigenvalue weighted by molar-refractivity contribution is 6.31. The lowest BCUT2D eigenvalue weighted by Gasteiger charge is -2.33. The van der Waals surface area contributed by atoms with Crippen molar-refractivity contribution in [3.63, 3.8) is 0 Å².